The van der Waals surface area contributed by atoms with E-state index in [9.17, 15) is 13.2 Å². The SMILES string of the molecule is Cc1ccc(S(=O)(=O)N(C)C)cc1C(=O)Nc1c(C)cccc1C. The zero-order chi connectivity index (χ0) is 18.1. The summed E-state index contributed by atoms with van der Waals surface area (Å²) in [6.45, 7) is 5.62. The van der Waals surface area contributed by atoms with E-state index in [4.69, 9.17) is 0 Å². The highest BCUT2D eigenvalue weighted by Crippen LogP contribution is 2.23. The van der Waals surface area contributed by atoms with Gasteiger partial charge in [-0.25, -0.2) is 12.7 Å². The molecule has 6 heteroatoms. The Morgan fingerprint density at radius 1 is 0.958 bits per heavy atom. The number of amides is 1. The van der Waals surface area contributed by atoms with Gasteiger partial charge in [-0.1, -0.05) is 24.3 Å². The molecule has 0 saturated carbocycles. The molecule has 0 fully saturated rings. The molecule has 0 saturated heterocycles. The van der Waals surface area contributed by atoms with Crippen LogP contribution in [0, 0.1) is 20.8 Å². The summed E-state index contributed by atoms with van der Waals surface area (Å²) >= 11 is 0. The van der Waals surface area contributed by atoms with Gasteiger partial charge in [0.1, 0.15) is 0 Å². The molecule has 0 aromatic heterocycles. The first-order valence-corrected chi connectivity index (χ1v) is 8.99. The highest BCUT2D eigenvalue weighted by atomic mass is 32.2. The Kier molecular flexibility index (Phi) is 5.11. The fourth-order valence-corrected chi connectivity index (χ4v) is 3.34. The van der Waals surface area contributed by atoms with Crippen molar-refractivity contribution in [3.8, 4) is 0 Å². The molecule has 0 aliphatic heterocycles. The third-order valence-corrected chi connectivity index (χ3v) is 5.76. The monoisotopic (exact) mass is 346 g/mol. The van der Waals surface area contributed by atoms with Crippen LogP contribution in [0.1, 0.15) is 27.0 Å². The molecule has 1 amide bonds. The third kappa shape index (κ3) is 3.49. The molecule has 0 bridgehead atoms. The number of nitrogens with one attached hydrogen (secondary N) is 1. The molecule has 5 nitrogen and oxygen atoms in total. The maximum absolute atomic E-state index is 12.7. The second-order valence-corrected chi connectivity index (χ2v) is 8.14. The molecule has 2 rings (SSSR count). The van der Waals surface area contributed by atoms with Gasteiger partial charge in [0.2, 0.25) is 10.0 Å². The molecule has 0 aliphatic rings. The lowest BCUT2D eigenvalue weighted by Crippen LogP contribution is -2.23. The number of carbonyl (C=O) groups is 1. The zero-order valence-electron chi connectivity index (χ0n) is 14.5. The van der Waals surface area contributed by atoms with E-state index in [0.717, 1.165) is 26.7 Å². The van der Waals surface area contributed by atoms with Crippen molar-refractivity contribution in [3.63, 3.8) is 0 Å². The minimum absolute atomic E-state index is 0.102. The summed E-state index contributed by atoms with van der Waals surface area (Å²) in [4.78, 5) is 12.8. The van der Waals surface area contributed by atoms with Gasteiger partial charge >= 0.3 is 0 Å². The quantitative estimate of drug-likeness (QED) is 0.925. The van der Waals surface area contributed by atoms with E-state index in [0.29, 0.717) is 5.56 Å². The smallest absolute Gasteiger partial charge is 0.255 e. The summed E-state index contributed by atoms with van der Waals surface area (Å²) in [6, 6.07) is 10.4. The first kappa shape index (κ1) is 18.2. The summed E-state index contributed by atoms with van der Waals surface area (Å²) in [5.41, 5.74) is 3.73. The van der Waals surface area contributed by atoms with Gasteiger partial charge in [-0.2, -0.15) is 0 Å². The molecule has 0 atom stereocenters. The van der Waals surface area contributed by atoms with Crippen molar-refractivity contribution in [1.29, 1.82) is 0 Å². The van der Waals surface area contributed by atoms with Crippen molar-refractivity contribution in [3.05, 3.63) is 58.7 Å². The molecular formula is C18H22N2O3S. The lowest BCUT2D eigenvalue weighted by Gasteiger charge is -2.15. The molecule has 128 valence electrons. The second-order valence-electron chi connectivity index (χ2n) is 5.99. The number of sulfonamides is 1. The minimum atomic E-state index is -3.59. The van der Waals surface area contributed by atoms with Crippen LogP contribution < -0.4 is 5.32 Å². The molecule has 0 radical (unpaired) electrons. The van der Waals surface area contributed by atoms with Gasteiger partial charge in [0.25, 0.3) is 5.91 Å². The van der Waals surface area contributed by atoms with Crippen LogP contribution in [0.4, 0.5) is 5.69 Å². The van der Waals surface area contributed by atoms with Crippen LogP contribution >= 0.6 is 0 Å². The van der Waals surface area contributed by atoms with Gasteiger partial charge in [0.05, 0.1) is 4.90 Å². The van der Waals surface area contributed by atoms with Gasteiger partial charge in [-0.15, -0.1) is 0 Å². The Morgan fingerprint density at radius 2 is 1.54 bits per heavy atom. The van der Waals surface area contributed by atoms with Gasteiger partial charge in [-0.3, -0.25) is 4.79 Å². The van der Waals surface area contributed by atoms with E-state index >= 15 is 0 Å². The standard InChI is InChI=1S/C18H22N2O3S/c1-12-9-10-15(24(22,23)20(4)5)11-16(12)18(21)19-17-13(2)7-6-8-14(17)3/h6-11H,1-5H3,(H,19,21). The Bertz CT molecular complexity index is 867. The maximum atomic E-state index is 12.7. The molecule has 2 aromatic carbocycles. The van der Waals surface area contributed by atoms with E-state index in [1.807, 2.05) is 32.0 Å². The van der Waals surface area contributed by atoms with Crippen LogP contribution in [0.15, 0.2) is 41.3 Å². The largest absolute Gasteiger partial charge is 0.321 e. The highest BCUT2D eigenvalue weighted by molar-refractivity contribution is 7.89. The molecule has 24 heavy (non-hydrogen) atoms. The Balaban J connectivity index is 2.43. The van der Waals surface area contributed by atoms with Crippen LogP contribution in [0.5, 0.6) is 0 Å². The summed E-state index contributed by atoms with van der Waals surface area (Å²) < 4.78 is 25.7. The number of carbonyl (C=O) groups excluding carboxylic acids is 1. The van der Waals surface area contributed by atoms with Crippen LogP contribution in [0.2, 0.25) is 0 Å². The summed E-state index contributed by atoms with van der Waals surface area (Å²) in [5.74, 6) is -0.319. The fraction of sp³-hybridized carbons (Fsp3) is 0.278. The van der Waals surface area contributed by atoms with E-state index in [1.54, 1.807) is 13.0 Å². The maximum Gasteiger partial charge on any atom is 0.255 e. The van der Waals surface area contributed by atoms with Gasteiger partial charge in [0.15, 0.2) is 0 Å². The van der Waals surface area contributed by atoms with E-state index in [1.165, 1.54) is 26.2 Å². The topological polar surface area (TPSA) is 66.5 Å². The minimum Gasteiger partial charge on any atom is -0.321 e. The van der Waals surface area contributed by atoms with Crippen LogP contribution in [-0.2, 0) is 10.0 Å². The molecule has 0 heterocycles. The predicted octanol–water partition coefficient (Wildman–Crippen LogP) is 3.11. The second kappa shape index (κ2) is 6.75. The Hall–Kier alpha value is -2.18. The average molecular weight is 346 g/mol. The van der Waals surface area contributed by atoms with Crippen molar-refractivity contribution in [1.82, 2.24) is 4.31 Å². The van der Waals surface area contributed by atoms with Crippen molar-refractivity contribution < 1.29 is 13.2 Å². The van der Waals surface area contributed by atoms with Gasteiger partial charge in [-0.05, 0) is 49.6 Å². The van der Waals surface area contributed by atoms with Crippen LogP contribution in [-0.4, -0.2) is 32.7 Å². The summed E-state index contributed by atoms with van der Waals surface area (Å²) in [7, 11) is -0.658. The van der Waals surface area contributed by atoms with Crippen LogP contribution in [0.3, 0.4) is 0 Å². The first-order chi connectivity index (χ1) is 11.1. The molecule has 0 spiro atoms. The lowest BCUT2D eigenvalue weighted by molar-refractivity contribution is 0.102. The third-order valence-electron chi connectivity index (χ3n) is 3.95. The predicted molar refractivity (Wildman–Crippen MR) is 95.9 cm³/mol. The number of nitrogens with zero attached hydrogens (tertiary/aromatic N) is 1. The zero-order valence-corrected chi connectivity index (χ0v) is 15.4. The molecule has 0 unspecified atom stereocenters. The number of para-hydroxylation sites is 1. The van der Waals surface area contributed by atoms with Crippen molar-refractivity contribution >= 4 is 21.6 Å². The average Bonchev–Trinajstić information content (AvgIpc) is 2.51. The Labute approximate surface area is 143 Å². The number of hydrogen-bond acceptors (Lipinski definition) is 3. The lowest BCUT2D eigenvalue weighted by atomic mass is 10.1. The van der Waals surface area contributed by atoms with E-state index < -0.39 is 10.0 Å². The molecule has 2 aromatic rings. The summed E-state index contributed by atoms with van der Waals surface area (Å²) in [5, 5.41) is 2.90. The van der Waals surface area contributed by atoms with E-state index in [2.05, 4.69) is 5.32 Å². The van der Waals surface area contributed by atoms with Gasteiger partial charge < -0.3 is 5.32 Å². The van der Waals surface area contributed by atoms with Crippen LogP contribution in [0.25, 0.3) is 0 Å². The highest BCUT2D eigenvalue weighted by Gasteiger charge is 2.20. The molecule has 1 N–H and O–H groups in total. The number of rotatable bonds is 4. The number of anilines is 1. The van der Waals surface area contributed by atoms with Gasteiger partial charge in [0, 0.05) is 25.3 Å². The number of hydrogen-bond donors (Lipinski definition) is 1. The fourth-order valence-electron chi connectivity index (χ4n) is 2.41. The number of aryl methyl sites for hydroxylation is 3. The number of benzene rings is 2. The molecule has 0 aliphatic carbocycles. The summed E-state index contributed by atoms with van der Waals surface area (Å²) in [6.07, 6.45) is 0. The van der Waals surface area contributed by atoms with E-state index in [-0.39, 0.29) is 10.8 Å². The Morgan fingerprint density at radius 3 is 2.08 bits per heavy atom. The van der Waals surface area contributed by atoms with Crippen molar-refractivity contribution in [2.75, 3.05) is 19.4 Å². The molecular weight excluding hydrogens is 324 g/mol. The first-order valence-electron chi connectivity index (χ1n) is 7.55. The van der Waals surface area contributed by atoms with Crippen molar-refractivity contribution in [2.24, 2.45) is 0 Å². The normalized spacial score (nSPS) is 11.6. The van der Waals surface area contributed by atoms with Crippen molar-refractivity contribution in [2.45, 2.75) is 25.7 Å².